The topological polar surface area (TPSA) is 95.5 Å². The van der Waals surface area contributed by atoms with Crippen LogP contribution < -0.4 is 10.6 Å². The van der Waals surface area contributed by atoms with Gasteiger partial charge in [-0.2, -0.15) is 13.2 Å². The molecule has 0 aliphatic heterocycles. The van der Waals surface area contributed by atoms with Gasteiger partial charge >= 0.3 is 18.2 Å². The second kappa shape index (κ2) is 9.80. The molecule has 1 unspecified atom stereocenters. The Morgan fingerprint density at radius 2 is 1.72 bits per heavy atom. The molecule has 10 heteroatoms. The third kappa shape index (κ3) is 5.37. The molecule has 4 rings (SSSR count). The summed E-state index contributed by atoms with van der Waals surface area (Å²) < 4.78 is 53.9. The zero-order valence-electron chi connectivity index (χ0n) is 18.7. The minimum absolute atomic E-state index is 0.112. The lowest BCUT2D eigenvalue weighted by atomic mass is 9.80. The van der Waals surface area contributed by atoms with Crippen LogP contribution in [0.15, 0.2) is 60.7 Å². The van der Waals surface area contributed by atoms with Crippen molar-refractivity contribution >= 4 is 29.2 Å². The first-order valence-electron chi connectivity index (χ1n) is 11.0. The van der Waals surface area contributed by atoms with E-state index in [0.717, 1.165) is 18.2 Å². The summed E-state index contributed by atoms with van der Waals surface area (Å²) in [5.74, 6) is -2.66. The number of aryl methyl sites for hydroxylation is 1. The van der Waals surface area contributed by atoms with Crippen molar-refractivity contribution in [3.05, 3.63) is 83.2 Å². The number of hydrogen-bond acceptors (Lipinski definition) is 3. The van der Waals surface area contributed by atoms with Crippen LogP contribution >= 0.6 is 0 Å². The summed E-state index contributed by atoms with van der Waals surface area (Å²) in [4.78, 5) is 35.9. The molecule has 0 fully saturated rings. The first-order valence-corrected chi connectivity index (χ1v) is 11.0. The van der Waals surface area contributed by atoms with Gasteiger partial charge in [0.25, 0.3) is 0 Å². The standard InChI is InChI=1S/C26H20F4N2O4/c27-23-19(14-9-10-20-15(11-14)7-8-16(24(20)35)12-22(33)34)5-2-6-21(23)32-25(36)31-18-4-1-3-17(13-18)26(28,29)30/h1-6,9-11,13,16H,7-8,12H2,(H,33,34)(H2,31,32,36). The summed E-state index contributed by atoms with van der Waals surface area (Å²) >= 11 is 0. The number of benzene rings is 3. The van der Waals surface area contributed by atoms with Gasteiger partial charge in [0.05, 0.1) is 17.7 Å². The number of carboxylic acid groups (broad SMARTS) is 1. The molecule has 186 valence electrons. The fourth-order valence-corrected chi connectivity index (χ4v) is 4.20. The zero-order valence-corrected chi connectivity index (χ0v) is 18.7. The van der Waals surface area contributed by atoms with Crippen molar-refractivity contribution in [1.82, 2.24) is 0 Å². The van der Waals surface area contributed by atoms with E-state index in [1.807, 2.05) is 0 Å². The molecule has 0 saturated carbocycles. The third-order valence-electron chi connectivity index (χ3n) is 5.93. The van der Waals surface area contributed by atoms with E-state index in [9.17, 15) is 27.6 Å². The molecule has 0 aromatic heterocycles. The van der Waals surface area contributed by atoms with E-state index in [4.69, 9.17) is 5.11 Å². The van der Waals surface area contributed by atoms with E-state index in [1.165, 1.54) is 24.3 Å². The number of Topliss-reactive ketones (excluding diaryl/α,β-unsaturated/α-hetero) is 1. The van der Waals surface area contributed by atoms with Crippen LogP contribution in [0.25, 0.3) is 11.1 Å². The van der Waals surface area contributed by atoms with Crippen LogP contribution in [-0.4, -0.2) is 22.9 Å². The monoisotopic (exact) mass is 500 g/mol. The molecular formula is C26H20F4N2O4. The smallest absolute Gasteiger partial charge is 0.416 e. The molecule has 0 saturated heterocycles. The predicted octanol–water partition coefficient (Wildman–Crippen LogP) is 6.38. The molecule has 1 aliphatic carbocycles. The first-order chi connectivity index (χ1) is 17.0. The molecule has 6 nitrogen and oxygen atoms in total. The number of urea groups is 1. The number of rotatable bonds is 5. The van der Waals surface area contributed by atoms with Crippen molar-refractivity contribution in [2.45, 2.75) is 25.4 Å². The van der Waals surface area contributed by atoms with Gasteiger partial charge in [0.1, 0.15) is 0 Å². The number of hydrogen-bond donors (Lipinski definition) is 3. The van der Waals surface area contributed by atoms with E-state index in [-0.39, 0.29) is 29.1 Å². The number of amides is 2. The van der Waals surface area contributed by atoms with Crippen LogP contribution in [0.5, 0.6) is 0 Å². The minimum Gasteiger partial charge on any atom is -0.481 e. The van der Waals surface area contributed by atoms with E-state index >= 15 is 4.39 Å². The molecule has 3 aromatic carbocycles. The van der Waals surface area contributed by atoms with Gasteiger partial charge in [-0.1, -0.05) is 36.4 Å². The molecule has 1 atom stereocenters. The number of nitrogens with one attached hydrogen (secondary N) is 2. The maximum absolute atomic E-state index is 15.3. The number of halogens is 4. The van der Waals surface area contributed by atoms with Gasteiger partial charge in [0, 0.05) is 22.7 Å². The van der Waals surface area contributed by atoms with Gasteiger partial charge in [0.15, 0.2) is 11.6 Å². The molecule has 0 bridgehead atoms. The van der Waals surface area contributed by atoms with Gasteiger partial charge in [-0.05, 0) is 48.2 Å². The number of alkyl halides is 3. The molecule has 3 N–H and O–H groups in total. The highest BCUT2D eigenvalue weighted by molar-refractivity contribution is 6.02. The Balaban J connectivity index is 1.53. The normalized spacial score (nSPS) is 15.2. The Labute approximate surface area is 202 Å². The van der Waals surface area contributed by atoms with Crippen LogP contribution in [-0.2, 0) is 17.4 Å². The van der Waals surface area contributed by atoms with Crippen LogP contribution in [0.2, 0.25) is 0 Å². The number of carboxylic acids is 1. The molecule has 0 heterocycles. The van der Waals surface area contributed by atoms with Gasteiger partial charge in [-0.3, -0.25) is 9.59 Å². The van der Waals surface area contributed by atoms with Crippen molar-refractivity contribution in [2.24, 2.45) is 5.92 Å². The summed E-state index contributed by atoms with van der Waals surface area (Å²) in [5.41, 5.74) is 0.457. The van der Waals surface area contributed by atoms with Crippen molar-refractivity contribution in [2.75, 3.05) is 10.6 Å². The summed E-state index contributed by atoms with van der Waals surface area (Å²) in [6.45, 7) is 0. The number of aliphatic carboxylic acids is 1. The predicted molar refractivity (Wildman–Crippen MR) is 124 cm³/mol. The maximum Gasteiger partial charge on any atom is 0.416 e. The largest absolute Gasteiger partial charge is 0.481 e. The van der Waals surface area contributed by atoms with E-state index < -0.39 is 35.5 Å². The molecule has 3 aromatic rings. The second-order valence-electron chi connectivity index (χ2n) is 8.39. The van der Waals surface area contributed by atoms with Crippen molar-refractivity contribution in [1.29, 1.82) is 0 Å². The number of anilines is 2. The Morgan fingerprint density at radius 1 is 0.972 bits per heavy atom. The average molecular weight is 500 g/mol. The highest BCUT2D eigenvalue weighted by Gasteiger charge is 2.31. The second-order valence-corrected chi connectivity index (χ2v) is 8.39. The summed E-state index contributed by atoms with van der Waals surface area (Å²) in [7, 11) is 0. The number of ketones is 1. The number of carbonyl (C=O) groups is 3. The van der Waals surface area contributed by atoms with Gasteiger partial charge < -0.3 is 15.7 Å². The lowest BCUT2D eigenvalue weighted by molar-refractivity contribution is -0.138. The molecule has 1 aliphatic rings. The summed E-state index contributed by atoms with van der Waals surface area (Å²) in [5, 5.41) is 13.6. The van der Waals surface area contributed by atoms with Crippen molar-refractivity contribution in [3.63, 3.8) is 0 Å². The Kier molecular flexibility index (Phi) is 6.78. The van der Waals surface area contributed by atoms with Crippen molar-refractivity contribution < 1.29 is 37.1 Å². The first kappa shape index (κ1) is 24.9. The Hall–Kier alpha value is -4.21. The Bertz CT molecular complexity index is 1350. The van der Waals surface area contributed by atoms with Crippen LogP contribution in [0.3, 0.4) is 0 Å². The molecule has 0 spiro atoms. The van der Waals surface area contributed by atoms with Crippen LogP contribution in [0.1, 0.15) is 34.3 Å². The van der Waals surface area contributed by atoms with Crippen molar-refractivity contribution in [3.8, 4) is 11.1 Å². The van der Waals surface area contributed by atoms with Crippen LogP contribution in [0, 0.1) is 11.7 Å². The molecule has 36 heavy (non-hydrogen) atoms. The highest BCUT2D eigenvalue weighted by Crippen LogP contribution is 2.34. The molecule has 2 amide bonds. The Morgan fingerprint density at radius 3 is 2.44 bits per heavy atom. The van der Waals surface area contributed by atoms with Crippen LogP contribution in [0.4, 0.5) is 33.7 Å². The third-order valence-corrected chi connectivity index (χ3v) is 5.93. The number of fused-ring (bicyclic) bond motifs is 1. The maximum atomic E-state index is 15.3. The minimum atomic E-state index is -4.58. The zero-order chi connectivity index (χ0) is 26.0. The average Bonchev–Trinajstić information content (AvgIpc) is 2.81. The summed E-state index contributed by atoms with van der Waals surface area (Å²) in [6.07, 6.45) is -3.98. The van der Waals surface area contributed by atoms with Gasteiger partial charge in [0.2, 0.25) is 0 Å². The quantitative estimate of drug-likeness (QED) is 0.355. The highest BCUT2D eigenvalue weighted by atomic mass is 19.4. The van der Waals surface area contributed by atoms with E-state index in [2.05, 4.69) is 10.6 Å². The lowest BCUT2D eigenvalue weighted by Crippen LogP contribution is -2.25. The van der Waals surface area contributed by atoms with E-state index in [1.54, 1.807) is 18.2 Å². The molecular weight excluding hydrogens is 480 g/mol. The van der Waals surface area contributed by atoms with E-state index in [0.29, 0.717) is 29.5 Å². The number of carbonyl (C=O) groups excluding carboxylic acids is 2. The molecule has 0 radical (unpaired) electrons. The lowest BCUT2D eigenvalue weighted by Gasteiger charge is -2.23. The summed E-state index contributed by atoms with van der Waals surface area (Å²) in [6, 6.07) is 12.2. The van der Waals surface area contributed by atoms with Gasteiger partial charge in [-0.15, -0.1) is 0 Å². The SMILES string of the molecule is O=C(O)CC1CCc2cc(-c3cccc(NC(=O)Nc4cccc(C(F)(F)F)c4)c3F)ccc2C1=O. The fraction of sp³-hybridized carbons (Fsp3) is 0.192. The van der Waals surface area contributed by atoms with Gasteiger partial charge in [-0.25, -0.2) is 9.18 Å². The fourth-order valence-electron chi connectivity index (χ4n) is 4.20.